The van der Waals surface area contributed by atoms with Gasteiger partial charge in [0.1, 0.15) is 12.4 Å². The third-order valence-electron chi connectivity index (χ3n) is 2.26. The molecule has 0 aromatic heterocycles. The molecule has 2 N–H and O–H groups in total. The molecule has 1 aromatic rings. The lowest BCUT2D eigenvalue weighted by Gasteiger charge is -2.12. The minimum atomic E-state index is 0.192. The van der Waals surface area contributed by atoms with Gasteiger partial charge >= 0.3 is 0 Å². The Kier molecular flexibility index (Phi) is 5.29. The van der Waals surface area contributed by atoms with E-state index in [0.29, 0.717) is 6.61 Å². The number of nitrogens with two attached hydrogens (primary N) is 1. The van der Waals surface area contributed by atoms with Crippen molar-refractivity contribution in [2.24, 2.45) is 5.73 Å². The zero-order chi connectivity index (χ0) is 12.0. The van der Waals surface area contributed by atoms with Crippen LogP contribution < -0.4 is 10.5 Å². The Labute approximate surface area is 98.2 Å². The summed E-state index contributed by atoms with van der Waals surface area (Å²) in [6.07, 6.45) is 0.894. The SMILES string of the molecule is CC(N)Cc1cccc(OCCN(C)C)c1. The van der Waals surface area contributed by atoms with Gasteiger partial charge in [-0.25, -0.2) is 0 Å². The first-order valence-corrected chi connectivity index (χ1v) is 5.70. The molecule has 0 saturated carbocycles. The summed E-state index contributed by atoms with van der Waals surface area (Å²) in [5.41, 5.74) is 7.00. The quantitative estimate of drug-likeness (QED) is 0.793. The number of ether oxygens (including phenoxy) is 1. The summed E-state index contributed by atoms with van der Waals surface area (Å²) in [5.74, 6) is 0.931. The van der Waals surface area contributed by atoms with E-state index in [4.69, 9.17) is 10.5 Å². The average Bonchev–Trinajstić information content (AvgIpc) is 2.16. The highest BCUT2D eigenvalue weighted by Crippen LogP contribution is 2.14. The smallest absolute Gasteiger partial charge is 0.119 e. The van der Waals surface area contributed by atoms with Gasteiger partial charge in [-0.2, -0.15) is 0 Å². The van der Waals surface area contributed by atoms with E-state index in [1.54, 1.807) is 0 Å². The molecule has 0 amide bonds. The Bertz CT molecular complexity index is 311. The fraction of sp³-hybridized carbons (Fsp3) is 0.538. The molecular formula is C13H22N2O. The molecule has 0 aliphatic heterocycles. The zero-order valence-electron chi connectivity index (χ0n) is 10.4. The maximum atomic E-state index is 5.77. The second-order valence-corrected chi connectivity index (χ2v) is 4.48. The fourth-order valence-corrected chi connectivity index (χ4v) is 1.48. The molecule has 1 unspecified atom stereocenters. The van der Waals surface area contributed by atoms with Crippen LogP contribution in [0, 0.1) is 0 Å². The number of hydrogen-bond donors (Lipinski definition) is 1. The normalized spacial score (nSPS) is 12.8. The lowest BCUT2D eigenvalue weighted by molar-refractivity contribution is 0.261. The monoisotopic (exact) mass is 222 g/mol. The van der Waals surface area contributed by atoms with Crippen molar-refractivity contribution in [2.75, 3.05) is 27.2 Å². The van der Waals surface area contributed by atoms with Gasteiger partial charge in [-0.05, 0) is 45.1 Å². The molecule has 0 aliphatic rings. The van der Waals surface area contributed by atoms with Gasteiger partial charge in [-0.15, -0.1) is 0 Å². The Morgan fingerprint density at radius 1 is 1.38 bits per heavy atom. The molecule has 0 aliphatic carbocycles. The predicted molar refractivity (Wildman–Crippen MR) is 67.8 cm³/mol. The number of benzene rings is 1. The second kappa shape index (κ2) is 6.51. The van der Waals surface area contributed by atoms with Crippen LogP contribution in [0.2, 0.25) is 0 Å². The molecule has 3 heteroatoms. The van der Waals surface area contributed by atoms with Crippen LogP contribution in [0.4, 0.5) is 0 Å². The molecule has 0 heterocycles. The van der Waals surface area contributed by atoms with Crippen LogP contribution in [0.1, 0.15) is 12.5 Å². The fourth-order valence-electron chi connectivity index (χ4n) is 1.48. The van der Waals surface area contributed by atoms with Crippen molar-refractivity contribution < 1.29 is 4.74 Å². The van der Waals surface area contributed by atoms with Crippen molar-refractivity contribution in [1.82, 2.24) is 4.90 Å². The van der Waals surface area contributed by atoms with Crippen molar-refractivity contribution >= 4 is 0 Å². The molecule has 16 heavy (non-hydrogen) atoms. The van der Waals surface area contributed by atoms with E-state index in [1.165, 1.54) is 5.56 Å². The van der Waals surface area contributed by atoms with Crippen LogP contribution >= 0.6 is 0 Å². The highest BCUT2D eigenvalue weighted by molar-refractivity contribution is 5.28. The first-order valence-electron chi connectivity index (χ1n) is 5.70. The van der Waals surface area contributed by atoms with Crippen LogP contribution in [0.25, 0.3) is 0 Å². The zero-order valence-corrected chi connectivity index (χ0v) is 10.4. The topological polar surface area (TPSA) is 38.5 Å². The van der Waals surface area contributed by atoms with Crippen molar-refractivity contribution in [3.8, 4) is 5.75 Å². The average molecular weight is 222 g/mol. The van der Waals surface area contributed by atoms with Crippen LogP contribution in [-0.2, 0) is 6.42 Å². The Hall–Kier alpha value is -1.06. The molecule has 0 bridgehead atoms. The number of nitrogens with zero attached hydrogens (tertiary/aromatic N) is 1. The number of hydrogen-bond acceptors (Lipinski definition) is 3. The van der Waals surface area contributed by atoms with Gasteiger partial charge in [0.15, 0.2) is 0 Å². The summed E-state index contributed by atoms with van der Waals surface area (Å²) in [6.45, 7) is 3.66. The Morgan fingerprint density at radius 3 is 2.75 bits per heavy atom. The lowest BCUT2D eigenvalue weighted by atomic mass is 10.1. The summed E-state index contributed by atoms with van der Waals surface area (Å²) in [4.78, 5) is 2.10. The van der Waals surface area contributed by atoms with Crippen LogP contribution in [0.5, 0.6) is 5.75 Å². The van der Waals surface area contributed by atoms with E-state index in [0.717, 1.165) is 18.7 Å². The highest BCUT2D eigenvalue weighted by atomic mass is 16.5. The van der Waals surface area contributed by atoms with Gasteiger partial charge < -0.3 is 15.4 Å². The van der Waals surface area contributed by atoms with E-state index in [-0.39, 0.29) is 6.04 Å². The maximum absolute atomic E-state index is 5.77. The molecule has 1 rings (SSSR count). The van der Waals surface area contributed by atoms with Gasteiger partial charge in [0.25, 0.3) is 0 Å². The van der Waals surface area contributed by atoms with Gasteiger partial charge in [-0.1, -0.05) is 12.1 Å². The van der Waals surface area contributed by atoms with Crippen molar-refractivity contribution in [3.63, 3.8) is 0 Å². The summed E-state index contributed by atoms with van der Waals surface area (Å²) >= 11 is 0. The van der Waals surface area contributed by atoms with Gasteiger partial charge in [0.05, 0.1) is 0 Å². The lowest BCUT2D eigenvalue weighted by Crippen LogP contribution is -2.19. The van der Waals surface area contributed by atoms with Crippen molar-refractivity contribution in [1.29, 1.82) is 0 Å². The first-order chi connectivity index (χ1) is 7.58. The minimum absolute atomic E-state index is 0.192. The minimum Gasteiger partial charge on any atom is -0.492 e. The van der Waals surface area contributed by atoms with E-state index < -0.39 is 0 Å². The Balaban J connectivity index is 2.47. The first kappa shape index (κ1) is 13.0. The molecule has 1 atom stereocenters. The maximum Gasteiger partial charge on any atom is 0.119 e. The molecule has 3 nitrogen and oxygen atoms in total. The summed E-state index contributed by atoms with van der Waals surface area (Å²) in [6, 6.07) is 8.35. The second-order valence-electron chi connectivity index (χ2n) is 4.48. The van der Waals surface area contributed by atoms with E-state index in [1.807, 2.05) is 33.2 Å². The molecule has 0 fully saturated rings. The molecule has 0 radical (unpaired) electrons. The molecular weight excluding hydrogens is 200 g/mol. The number of likely N-dealkylation sites (N-methyl/N-ethyl adjacent to an activating group) is 1. The van der Waals surface area contributed by atoms with Crippen LogP contribution in [-0.4, -0.2) is 38.2 Å². The predicted octanol–water partition coefficient (Wildman–Crippen LogP) is 1.52. The van der Waals surface area contributed by atoms with Gasteiger partial charge in [-0.3, -0.25) is 0 Å². The van der Waals surface area contributed by atoms with E-state index in [9.17, 15) is 0 Å². The third kappa shape index (κ3) is 5.14. The standard InChI is InChI=1S/C13H22N2O/c1-11(14)9-12-5-4-6-13(10-12)16-8-7-15(2)3/h4-6,10-11H,7-9,14H2,1-3H3. The van der Waals surface area contributed by atoms with Crippen LogP contribution in [0.3, 0.4) is 0 Å². The molecule has 0 saturated heterocycles. The van der Waals surface area contributed by atoms with Crippen LogP contribution in [0.15, 0.2) is 24.3 Å². The summed E-state index contributed by atoms with van der Waals surface area (Å²) in [7, 11) is 4.08. The van der Waals surface area contributed by atoms with Gasteiger partial charge in [0.2, 0.25) is 0 Å². The van der Waals surface area contributed by atoms with Crippen molar-refractivity contribution in [2.45, 2.75) is 19.4 Å². The molecule has 1 aromatic carbocycles. The number of rotatable bonds is 6. The molecule has 90 valence electrons. The third-order valence-corrected chi connectivity index (χ3v) is 2.26. The highest BCUT2D eigenvalue weighted by Gasteiger charge is 2.00. The molecule has 0 spiro atoms. The largest absolute Gasteiger partial charge is 0.492 e. The summed E-state index contributed by atoms with van der Waals surface area (Å²) in [5, 5.41) is 0. The van der Waals surface area contributed by atoms with Crippen molar-refractivity contribution in [3.05, 3.63) is 29.8 Å². The van der Waals surface area contributed by atoms with Gasteiger partial charge in [0, 0.05) is 12.6 Å². The summed E-state index contributed by atoms with van der Waals surface area (Å²) < 4.78 is 5.66. The Morgan fingerprint density at radius 2 is 2.12 bits per heavy atom. The van der Waals surface area contributed by atoms with E-state index in [2.05, 4.69) is 17.0 Å². The van der Waals surface area contributed by atoms with E-state index >= 15 is 0 Å².